The molecule has 72 valence electrons. The molecule has 0 aromatic rings. The van der Waals surface area contributed by atoms with Crippen molar-refractivity contribution < 1.29 is 41.1 Å². The maximum Gasteiger partial charge on any atom is 3.00 e. The number of hydrogen-bond donors (Lipinski definition) is 0. The van der Waals surface area contributed by atoms with Gasteiger partial charge in [0.05, 0.1) is 15.3 Å². The molecule has 13 heteroatoms. The summed E-state index contributed by atoms with van der Waals surface area (Å²) in [5.74, 6) is 0. The Kier molecular flexibility index (Phi) is 29.2. The molecule has 0 aliphatic carbocycles. The van der Waals surface area contributed by atoms with E-state index in [1.54, 1.807) is 0 Å². The zero-order valence-corrected chi connectivity index (χ0v) is 7.40. The molecule has 0 aliphatic rings. The van der Waals surface area contributed by atoms with Crippen LogP contribution in [0.1, 0.15) is 0 Å². The van der Waals surface area contributed by atoms with Crippen LogP contribution in [0.15, 0.2) is 0 Å². The smallest absolute Gasteiger partial charge is 0.356 e. The second-order valence-electron chi connectivity index (χ2n) is 0.671. The Labute approximate surface area is 87.5 Å². The molecule has 0 rings (SSSR count). The summed E-state index contributed by atoms with van der Waals surface area (Å²) >= 11 is 0. The fourth-order valence-corrected chi connectivity index (χ4v) is 0. The third-order valence-electron chi connectivity index (χ3n) is 0. The van der Waals surface area contributed by atoms with Crippen LogP contribution in [-0.4, -0.2) is 15.3 Å². The van der Waals surface area contributed by atoms with Crippen molar-refractivity contribution >= 4 is 0 Å². The van der Waals surface area contributed by atoms with E-state index in [0.29, 0.717) is 0 Å². The van der Waals surface area contributed by atoms with Crippen molar-refractivity contribution in [2.75, 3.05) is 0 Å². The number of hydrogen-bond acceptors (Lipinski definition) is 9. The van der Waals surface area contributed by atoms with Gasteiger partial charge in [0, 0.05) is 0 Å². The quantitative estimate of drug-likeness (QED) is 0.380. The minimum Gasteiger partial charge on any atom is -0.356 e. The van der Waals surface area contributed by atoms with Gasteiger partial charge < -0.3 is 46.0 Å². The largest absolute Gasteiger partial charge is 3.00 e. The zero-order valence-electron chi connectivity index (χ0n) is 5.59. The molecule has 12 nitrogen and oxygen atoms in total. The topological polar surface area (TPSA) is 199 Å². The standard InChI is InChI=1S/3NO3.Sc/c3*2-1(3)4;/q3*-1;+3. The van der Waals surface area contributed by atoms with E-state index in [0.717, 1.165) is 0 Å². The number of rotatable bonds is 0. The summed E-state index contributed by atoms with van der Waals surface area (Å²) in [5, 5.41) is 44.2. The van der Waals surface area contributed by atoms with Crippen LogP contribution in [0.5, 0.6) is 0 Å². The van der Waals surface area contributed by atoms with Crippen molar-refractivity contribution in [1.82, 2.24) is 0 Å². The monoisotopic (exact) mass is 231 g/mol. The van der Waals surface area contributed by atoms with Crippen molar-refractivity contribution in [2.24, 2.45) is 0 Å². The van der Waals surface area contributed by atoms with Gasteiger partial charge in [0.25, 0.3) is 0 Å². The molecule has 0 saturated carbocycles. The molecular formula is N3O9Sc. The molecule has 0 aromatic carbocycles. The zero-order chi connectivity index (χ0) is 10.7. The maximum absolute atomic E-state index is 8.25. The van der Waals surface area contributed by atoms with E-state index in [2.05, 4.69) is 0 Å². The minimum atomic E-state index is -1.75. The second-order valence-corrected chi connectivity index (χ2v) is 0.671. The van der Waals surface area contributed by atoms with Crippen LogP contribution in [0.25, 0.3) is 0 Å². The van der Waals surface area contributed by atoms with Gasteiger partial charge in [-0.05, 0) is 0 Å². The van der Waals surface area contributed by atoms with E-state index in [9.17, 15) is 0 Å². The first-order valence-corrected chi connectivity index (χ1v) is 1.64. The van der Waals surface area contributed by atoms with Gasteiger partial charge in [0.1, 0.15) is 0 Å². The van der Waals surface area contributed by atoms with E-state index < -0.39 is 15.3 Å². The fourth-order valence-electron chi connectivity index (χ4n) is 0. The molecule has 0 N–H and O–H groups in total. The van der Waals surface area contributed by atoms with Crippen molar-refractivity contribution in [1.29, 1.82) is 0 Å². The van der Waals surface area contributed by atoms with Gasteiger partial charge >= 0.3 is 25.8 Å². The van der Waals surface area contributed by atoms with Crippen LogP contribution in [-0.2, 0) is 25.8 Å². The first-order chi connectivity index (χ1) is 5.20. The van der Waals surface area contributed by atoms with Gasteiger partial charge in [-0.2, -0.15) is 0 Å². The van der Waals surface area contributed by atoms with Crippen molar-refractivity contribution in [2.45, 2.75) is 0 Å². The predicted octanol–water partition coefficient (Wildman–Crippen LogP) is -0.720. The van der Waals surface area contributed by atoms with Crippen molar-refractivity contribution in [3.63, 3.8) is 0 Å². The minimum absolute atomic E-state index is 0. The van der Waals surface area contributed by atoms with E-state index >= 15 is 0 Å². The molecule has 13 heavy (non-hydrogen) atoms. The summed E-state index contributed by atoms with van der Waals surface area (Å²) < 4.78 is 0. The molecule has 0 heterocycles. The average molecular weight is 231 g/mol. The summed E-state index contributed by atoms with van der Waals surface area (Å²) in [6.45, 7) is 0. The predicted molar refractivity (Wildman–Crippen MR) is 31.1 cm³/mol. The summed E-state index contributed by atoms with van der Waals surface area (Å²) in [5.41, 5.74) is 0. The van der Waals surface area contributed by atoms with Crippen molar-refractivity contribution in [3.8, 4) is 0 Å². The molecule has 0 radical (unpaired) electrons. The van der Waals surface area contributed by atoms with Crippen LogP contribution < -0.4 is 0 Å². The molecule has 0 amide bonds. The maximum atomic E-state index is 8.25. The van der Waals surface area contributed by atoms with Gasteiger partial charge in [-0.1, -0.05) is 0 Å². The molecular weight excluding hydrogens is 231 g/mol. The third-order valence-corrected chi connectivity index (χ3v) is 0. The van der Waals surface area contributed by atoms with Gasteiger partial charge in [0.2, 0.25) is 0 Å². The van der Waals surface area contributed by atoms with E-state index in [1.807, 2.05) is 0 Å². The van der Waals surface area contributed by atoms with Gasteiger partial charge in [-0.3, -0.25) is 0 Å². The molecule has 0 aromatic heterocycles. The normalized spacial score (nSPS) is 5.54. The Bertz CT molecular complexity index is 112. The molecule has 0 saturated heterocycles. The Hall–Kier alpha value is -1.53. The van der Waals surface area contributed by atoms with E-state index in [1.165, 1.54) is 0 Å². The second kappa shape index (κ2) is 16.8. The first kappa shape index (κ1) is 22.5. The summed E-state index contributed by atoms with van der Waals surface area (Å²) in [6.07, 6.45) is 0. The molecule has 0 unspecified atom stereocenters. The van der Waals surface area contributed by atoms with E-state index in [4.69, 9.17) is 46.0 Å². The van der Waals surface area contributed by atoms with Gasteiger partial charge in [0.15, 0.2) is 0 Å². The first-order valence-electron chi connectivity index (χ1n) is 1.64. The molecule has 0 aliphatic heterocycles. The molecule has 0 fully saturated rings. The number of nitrogens with zero attached hydrogens (tertiary/aromatic N) is 3. The van der Waals surface area contributed by atoms with Gasteiger partial charge in [-0.15, -0.1) is 0 Å². The molecule has 0 atom stereocenters. The van der Waals surface area contributed by atoms with Crippen LogP contribution in [0.4, 0.5) is 0 Å². The Balaban J connectivity index is -0.0000000450. The Morgan fingerprint density at radius 2 is 0.538 bits per heavy atom. The van der Waals surface area contributed by atoms with Crippen LogP contribution >= 0.6 is 0 Å². The van der Waals surface area contributed by atoms with Crippen molar-refractivity contribution in [3.05, 3.63) is 46.0 Å². The van der Waals surface area contributed by atoms with Crippen LogP contribution in [0.2, 0.25) is 0 Å². The third kappa shape index (κ3) is 321. The molecule has 0 bridgehead atoms. The van der Waals surface area contributed by atoms with Crippen LogP contribution in [0.3, 0.4) is 0 Å². The molecule has 0 spiro atoms. The summed E-state index contributed by atoms with van der Waals surface area (Å²) in [4.78, 5) is 24.8. The summed E-state index contributed by atoms with van der Waals surface area (Å²) in [6, 6.07) is 0. The Morgan fingerprint density at radius 1 is 0.538 bits per heavy atom. The Morgan fingerprint density at radius 3 is 0.538 bits per heavy atom. The van der Waals surface area contributed by atoms with Crippen LogP contribution in [0, 0.1) is 46.0 Å². The average Bonchev–Trinajstić information content (AvgIpc) is 1.54. The van der Waals surface area contributed by atoms with Gasteiger partial charge in [-0.25, -0.2) is 0 Å². The SMILES string of the molecule is O=[N+]([O-])[O-].O=[N+]([O-])[O-].O=[N+]([O-])[O-].[Sc+3]. The fraction of sp³-hybridized carbons (Fsp3) is 0. The summed E-state index contributed by atoms with van der Waals surface area (Å²) in [7, 11) is 0. The van der Waals surface area contributed by atoms with E-state index in [-0.39, 0.29) is 25.8 Å².